The molecule has 2 aromatic rings. The van der Waals surface area contributed by atoms with Crippen LogP contribution in [0.25, 0.3) is 0 Å². The normalized spacial score (nSPS) is 16.3. The second-order valence-corrected chi connectivity index (χ2v) is 4.61. The number of rotatable bonds is 2. The summed E-state index contributed by atoms with van der Waals surface area (Å²) >= 11 is 5.88. The molecule has 0 aliphatic carbocycles. The van der Waals surface area contributed by atoms with Crippen molar-refractivity contribution in [2.75, 3.05) is 11.9 Å². The standard InChI is InChI=1S/C14H10ClN3O/c15-13-5-9(7-16)6-14(18-13)17-11-8-19-12-4-2-1-3-10(11)12/h1-6,11H,8H2,(H,17,18). The van der Waals surface area contributed by atoms with Crippen LogP contribution in [0.5, 0.6) is 5.75 Å². The zero-order valence-electron chi connectivity index (χ0n) is 9.93. The number of pyridine rings is 1. The largest absolute Gasteiger partial charge is 0.491 e. The average Bonchev–Trinajstić information content (AvgIpc) is 2.82. The first-order valence-electron chi connectivity index (χ1n) is 5.82. The second kappa shape index (κ2) is 4.79. The summed E-state index contributed by atoms with van der Waals surface area (Å²) in [5, 5.41) is 12.5. The Labute approximate surface area is 115 Å². The highest BCUT2D eigenvalue weighted by molar-refractivity contribution is 6.29. The van der Waals surface area contributed by atoms with Crippen LogP contribution in [0.1, 0.15) is 17.2 Å². The molecule has 5 heteroatoms. The van der Waals surface area contributed by atoms with Crippen molar-refractivity contribution in [2.24, 2.45) is 0 Å². The molecule has 4 nitrogen and oxygen atoms in total. The van der Waals surface area contributed by atoms with Gasteiger partial charge in [0.2, 0.25) is 0 Å². The molecular formula is C14H10ClN3O. The third-order valence-corrected chi connectivity index (χ3v) is 3.14. The number of halogens is 1. The Hall–Kier alpha value is -2.25. The smallest absolute Gasteiger partial charge is 0.132 e. The quantitative estimate of drug-likeness (QED) is 0.853. The van der Waals surface area contributed by atoms with Gasteiger partial charge in [-0.05, 0) is 18.2 Å². The summed E-state index contributed by atoms with van der Waals surface area (Å²) in [6.07, 6.45) is 0. The zero-order chi connectivity index (χ0) is 13.2. The van der Waals surface area contributed by atoms with E-state index in [1.165, 1.54) is 6.07 Å². The van der Waals surface area contributed by atoms with E-state index in [-0.39, 0.29) is 6.04 Å². The molecule has 1 aliphatic rings. The lowest BCUT2D eigenvalue weighted by Crippen LogP contribution is -2.13. The van der Waals surface area contributed by atoms with Gasteiger partial charge in [-0.2, -0.15) is 5.26 Å². The van der Waals surface area contributed by atoms with Gasteiger partial charge in [-0.3, -0.25) is 0 Å². The molecule has 0 saturated heterocycles. The predicted molar refractivity (Wildman–Crippen MR) is 72.3 cm³/mol. The Morgan fingerprint density at radius 1 is 1.37 bits per heavy atom. The van der Waals surface area contributed by atoms with E-state index >= 15 is 0 Å². The van der Waals surface area contributed by atoms with E-state index in [4.69, 9.17) is 21.6 Å². The number of nitriles is 1. The minimum Gasteiger partial charge on any atom is -0.491 e. The summed E-state index contributed by atoms with van der Waals surface area (Å²) in [6.45, 7) is 0.537. The maximum absolute atomic E-state index is 8.92. The topological polar surface area (TPSA) is 57.9 Å². The fraction of sp³-hybridized carbons (Fsp3) is 0.143. The molecule has 1 aromatic carbocycles. The van der Waals surface area contributed by atoms with Gasteiger partial charge in [0, 0.05) is 5.56 Å². The van der Waals surface area contributed by atoms with E-state index in [1.54, 1.807) is 6.07 Å². The summed E-state index contributed by atoms with van der Waals surface area (Å²) in [4.78, 5) is 4.17. The van der Waals surface area contributed by atoms with Crippen molar-refractivity contribution in [3.63, 3.8) is 0 Å². The van der Waals surface area contributed by atoms with E-state index in [9.17, 15) is 0 Å². The number of anilines is 1. The molecule has 1 atom stereocenters. The van der Waals surface area contributed by atoms with Crippen LogP contribution < -0.4 is 10.1 Å². The molecule has 2 heterocycles. The first-order chi connectivity index (χ1) is 9.26. The van der Waals surface area contributed by atoms with Crippen molar-refractivity contribution in [2.45, 2.75) is 6.04 Å². The van der Waals surface area contributed by atoms with Crippen molar-refractivity contribution < 1.29 is 4.74 Å². The molecule has 0 radical (unpaired) electrons. The van der Waals surface area contributed by atoms with Crippen LogP contribution in [0.3, 0.4) is 0 Å². The van der Waals surface area contributed by atoms with Crippen LogP contribution >= 0.6 is 11.6 Å². The molecule has 0 amide bonds. The fourth-order valence-electron chi connectivity index (χ4n) is 2.10. The van der Waals surface area contributed by atoms with Crippen LogP contribution in [0, 0.1) is 11.3 Å². The Bertz CT molecular complexity index is 666. The van der Waals surface area contributed by atoms with Gasteiger partial charge in [0.05, 0.1) is 17.7 Å². The minimum absolute atomic E-state index is 0.0220. The van der Waals surface area contributed by atoms with Crippen molar-refractivity contribution in [1.29, 1.82) is 5.26 Å². The monoisotopic (exact) mass is 271 g/mol. The molecular weight excluding hydrogens is 262 g/mol. The number of hydrogen-bond donors (Lipinski definition) is 1. The minimum atomic E-state index is 0.0220. The van der Waals surface area contributed by atoms with E-state index in [1.807, 2.05) is 24.3 Å². The third-order valence-electron chi connectivity index (χ3n) is 2.95. The van der Waals surface area contributed by atoms with Crippen molar-refractivity contribution in [1.82, 2.24) is 4.98 Å². The zero-order valence-corrected chi connectivity index (χ0v) is 10.7. The molecule has 0 saturated carbocycles. The molecule has 0 bridgehead atoms. The Kier molecular flexibility index (Phi) is 2.98. The Morgan fingerprint density at radius 3 is 3.05 bits per heavy atom. The van der Waals surface area contributed by atoms with Crippen molar-refractivity contribution in [3.05, 3.63) is 52.7 Å². The van der Waals surface area contributed by atoms with E-state index in [0.29, 0.717) is 23.1 Å². The molecule has 1 N–H and O–H groups in total. The SMILES string of the molecule is N#Cc1cc(Cl)nc(NC2COc3ccccc32)c1. The van der Waals surface area contributed by atoms with Crippen LogP contribution in [-0.2, 0) is 0 Å². The Morgan fingerprint density at radius 2 is 2.21 bits per heavy atom. The second-order valence-electron chi connectivity index (χ2n) is 4.22. The first-order valence-corrected chi connectivity index (χ1v) is 6.20. The average molecular weight is 272 g/mol. The first kappa shape index (κ1) is 11.8. The number of nitrogens with one attached hydrogen (secondary N) is 1. The van der Waals surface area contributed by atoms with Gasteiger partial charge in [0.25, 0.3) is 0 Å². The lowest BCUT2D eigenvalue weighted by Gasteiger charge is -2.12. The maximum Gasteiger partial charge on any atom is 0.132 e. The lowest BCUT2D eigenvalue weighted by atomic mass is 10.1. The van der Waals surface area contributed by atoms with Gasteiger partial charge in [0.15, 0.2) is 0 Å². The third kappa shape index (κ3) is 2.33. The van der Waals surface area contributed by atoms with E-state index in [2.05, 4.69) is 16.4 Å². The highest BCUT2D eigenvalue weighted by Crippen LogP contribution is 2.33. The Balaban J connectivity index is 1.88. The molecule has 1 unspecified atom stereocenters. The summed E-state index contributed by atoms with van der Waals surface area (Å²) < 4.78 is 5.58. The van der Waals surface area contributed by atoms with Gasteiger partial charge < -0.3 is 10.1 Å². The molecule has 0 fully saturated rings. The summed E-state index contributed by atoms with van der Waals surface area (Å²) in [6, 6.07) is 13.1. The molecule has 1 aliphatic heterocycles. The highest BCUT2D eigenvalue weighted by Gasteiger charge is 2.23. The number of hydrogen-bond acceptors (Lipinski definition) is 4. The number of fused-ring (bicyclic) bond motifs is 1. The van der Waals surface area contributed by atoms with Gasteiger partial charge in [-0.25, -0.2) is 4.98 Å². The van der Waals surface area contributed by atoms with Crippen LogP contribution in [0.4, 0.5) is 5.82 Å². The molecule has 94 valence electrons. The van der Waals surface area contributed by atoms with Crippen LogP contribution in [0.15, 0.2) is 36.4 Å². The predicted octanol–water partition coefficient (Wildman–Crippen LogP) is 3.15. The van der Waals surface area contributed by atoms with Gasteiger partial charge in [0.1, 0.15) is 23.3 Å². The highest BCUT2D eigenvalue weighted by atomic mass is 35.5. The number of nitrogens with zero attached hydrogens (tertiary/aromatic N) is 2. The van der Waals surface area contributed by atoms with Crippen LogP contribution in [-0.4, -0.2) is 11.6 Å². The van der Waals surface area contributed by atoms with E-state index in [0.717, 1.165) is 11.3 Å². The maximum atomic E-state index is 8.92. The van der Waals surface area contributed by atoms with Crippen LogP contribution in [0.2, 0.25) is 5.15 Å². The van der Waals surface area contributed by atoms with Gasteiger partial charge in [-0.1, -0.05) is 29.8 Å². The molecule has 3 rings (SSSR count). The fourth-order valence-corrected chi connectivity index (χ4v) is 2.30. The summed E-state index contributed by atoms with van der Waals surface area (Å²) in [5.74, 6) is 1.46. The lowest BCUT2D eigenvalue weighted by molar-refractivity contribution is 0.339. The summed E-state index contributed by atoms with van der Waals surface area (Å²) in [5.41, 5.74) is 1.57. The number of para-hydroxylation sites is 1. The van der Waals surface area contributed by atoms with E-state index < -0.39 is 0 Å². The van der Waals surface area contributed by atoms with Gasteiger partial charge in [-0.15, -0.1) is 0 Å². The molecule has 19 heavy (non-hydrogen) atoms. The number of aromatic nitrogens is 1. The number of ether oxygens (including phenoxy) is 1. The molecule has 0 spiro atoms. The van der Waals surface area contributed by atoms with Crippen molar-refractivity contribution >= 4 is 17.4 Å². The summed E-state index contributed by atoms with van der Waals surface area (Å²) in [7, 11) is 0. The van der Waals surface area contributed by atoms with Crippen molar-refractivity contribution in [3.8, 4) is 11.8 Å². The van der Waals surface area contributed by atoms with Gasteiger partial charge >= 0.3 is 0 Å². The number of benzene rings is 1. The molecule has 1 aromatic heterocycles.